The van der Waals surface area contributed by atoms with Gasteiger partial charge in [0.2, 0.25) is 10.0 Å². The van der Waals surface area contributed by atoms with Crippen LogP contribution in [0.5, 0.6) is 0 Å². The van der Waals surface area contributed by atoms with E-state index in [-0.39, 0.29) is 24.5 Å². The molecule has 0 spiro atoms. The molecule has 1 fully saturated rings. The molecule has 1 heterocycles. The van der Waals surface area contributed by atoms with Gasteiger partial charge in [0.05, 0.1) is 6.26 Å². The number of hydrogen-bond acceptors (Lipinski definition) is 3. The average molecular weight is 367 g/mol. The van der Waals surface area contributed by atoms with Crippen molar-refractivity contribution in [1.29, 1.82) is 0 Å². The lowest BCUT2D eigenvalue weighted by Crippen LogP contribution is -2.44. The summed E-state index contributed by atoms with van der Waals surface area (Å²) in [6.07, 6.45) is 2.86. The summed E-state index contributed by atoms with van der Waals surface area (Å²) in [5.41, 5.74) is 3.60. The Morgan fingerprint density at radius 3 is 2.50 bits per heavy atom. The maximum atomic E-state index is 11.5. The summed E-state index contributed by atoms with van der Waals surface area (Å²) in [6.45, 7) is 0.843. The molecule has 1 saturated heterocycles. The molecular weight excluding hydrogens is 344 g/mol. The molecule has 130 valence electrons. The topological polar surface area (TPSA) is 58.2 Å². The van der Waals surface area contributed by atoms with Crippen LogP contribution in [0.25, 0.3) is 11.1 Å². The molecule has 3 rings (SSSR count). The van der Waals surface area contributed by atoms with Gasteiger partial charge in [-0.2, -0.15) is 0 Å². The fourth-order valence-electron chi connectivity index (χ4n) is 3.16. The zero-order valence-electron chi connectivity index (χ0n) is 13.6. The summed E-state index contributed by atoms with van der Waals surface area (Å²) >= 11 is 0. The second-order valence-corrected chi connectivity index (χ2v) is 7.90. The van der Waals surface area contributed by atoms with Crippen LogP contribution >= 0.6 is 12.4 Å². The van der Waals surface area contributed by atoms with Crippen molar-refractivity contribution in [2.45, 2.75) is 24.9 Å². The number of benzene rings is 2. The van der Waals surface area contributed by atoms with E-state index in [0.29, 0.717) is 0 Å². The maximum absolute atomic E-state index is 11.5. The Kier molecular flexibility index (Phi) is 6.40. The highest BCUT2D eigenvalue weighted by Gasteiger charge is 2.29. The third-order valence-electron chi connectivity index (χ3n) is 4.20. The third kappa shape index (κ3) is 5.05. The third-order valence-corrected chi connectivity index (χ3v) is 4.93. The Labute approximate surface area is 150 Å². The van der Waals surface area contributed by atoms with Gasteiger partial charge in [-0.05, 0) is 36.1 Å². The van der Waals surface area contributed by atoms with Gasteiger partial charge >= 0.3 is 0 Å². The molecule has 1 aliphatic heterocycles. The van der Waals surface area contributed by atoms with Gasteiger partial charge in [0, 0.05) is 12.1 Å². The van der Waals surface area contributed by atoms with E-state index < -0.39 is 10.0 Å². The van der Waals surface area contributed by atoms with Crippen LogP contribution in [0.3, 0.4) is 0 Å². The predicted molar refractivity (Wildman–Crippen MR) is 101 cm³/mol. The molecule has 0 bridgehead atoms. The first kappa shape index (κ1) is 18.9. The van der Waals surface area contributed by atoms with Crippen LogP contribution in [0.15, 0.2) is 54.6 Å². The molecule has 24 heavy (non-hydrogen) atoms. The number of halogens is 1. The van der Waals surface area contributed by atoms with Gasteiger partial charge in [-0.15, -0.1) is 12.4 Å². The molecule has 0 aromatic heterocycles. The Morgan fingerprint density at radius 1 is 1.08 bits per heavy atom. The first-order valence-corrected chi connectivity index (χ1v) is 9.75. The van der Waals surface area contributed by atoms with Crippen LogP contribution in [0.4, 0.5) is 0 Å². The second kappa shape index (κ2) is 8.12. The van der Waals surface area contributed by atoms with Gasteiger partial charge in [0.1, 0.15) is 0 Å². The highest BCUT2D eigenvalue weighted by molar-refractivity contribution is 7.88. The number of sulfonamides is 1. The Hall–Kier alpha value is -1.40. The molecule has 2 aromatic carbocycles. The summed E-state index contributed by atoms with van der Waals surface area (Å²) in [4.78, 5) is 0. The SMILES string of the molecule is CS(=O)(=O)N[C@H]1CCN[C@H]1Cc1cccc(-c2ccccc2)c1.Cl. The van der Waals surface area contributed by atoms with Gasteiger partial charge < -0.3 is 5.32 Å². The highest BCUT2D eigenvalue weighted by Crippen LogP contribution is 2.22. The second-order valence-electron chi connectivity index (χ2n) is 6.12. The van der Waals surface area contributed by atoms with E-state index >= 15 is 0 Å². The Morgan fingerprint density at radius 2 is 1.79 bits per heavy atom. The molecule has 0 saturated carbocycles. The molecule has 2 atom stereocenters. The lowest BCUT2D eigenvalue weighted by molar-refractivity contribution is 0.494. The largest absolute Gasteiger partial charge is 0.312 e. The van der Waals surface area contributed by atoms with Crippen molar-refractivity contribution in [3.05, 3.63) is 60.2 Å². The maximum Gasteiger partial charge on any atom is 0.209 e. The van der Waals surface area contributed by atoms with Crippen LogP contribution in [0.2, 0.25) is 0 Å². The van der Waals surface area contributed by atoms with Crippen molar-refractivity contribution < 1.29 is 8.42 Å². The molecule has 0 unspecified atom stereocenters. The van der Waals surface area contributed by atoms with Crippen molar-refractivity contribution in [3.63, 3.8) is 0 Å². The van der Waals surface area contributed by atoms with E-state index in [1.165, 1.54) is 22.9 Å². The van der Waals surface area contributed by atoms with E-state index in [4.69, 9.17) is 0 Å². The Balaban J connectivity index is 0.00000208. The van der Waals surface area contributed by atoms with E-state index in [9.17, 15) is 8.42 Å². The van der Waals surface area contributed by atoms with Crippen LogP contribution in [-0.2, 0) is 16.4 Å². The van der Waals surface area contributed by atoms with Crippen LogP contribution in [0, 0.1) is 0 Å². The van der Waals surface area contributed by atoms with Crippen molar-refractivity contribution >= 4 is 22.4 Å². The first-order chi connectivity index (χ1) is 11.0. The Bertz CT molecular complexity index is 766. The van der Waals surface area contributed by atoms with Gasteiger partial charge in [-0.1, -0.05) is 54.6 Å². The standard InChI is InChI=1S/C18H22N2O2S.ClH/c1-23(21,22)20-17-10-11-19-18(17)13-14-6-5-9-16(12-14)15-7-3-2-4-8-15;/h2-9,12,17-20H,10-11,13H2,1H3;1H/t17-,18-;/m0./s1. The van der Waals surface area contributed by atoms with E-state index in [2.05, 4.69) is 46.4 Å². The van der Waals surface area contributed by atoms with Crippen LogP contribution < -0.4 is 10.0 Å². The number of rotatable bonds is 5. The van der Waals surface area contributed by atoms with Crippen molar-refractivity contribution in [3.8, 4) is 11.1 Å². The zero-order chi connectivity index (χ0) is 16.3. The lowest BCUT2D eigenvalue weighted by atomic mass is 9.97. The molecule has 4 nitrogen and oxygen atoms in total. The summed E-state index contributed by atoms with van der Waals surface area (Å²) in [5, 5.41) is 3.41. The van der Waals surface area contributed by atoms with Gasteiger partial charge in [0.15, 0.2) is 0 Å². The molecule has 0 amide bonds. The summed E-state index contributed by atoms with van der Waals surface area (Å²) < 4.78 is 25.7. The van der Waals surface area contributed by atoms with E-state index in [1.54, 1.807) is 0 Å². The summed E-state index contributed by atoms with van der Waals surface area (Å²) in [7, 11) is -3.17. The smallest absolute Gasteiger partial charge is 0.209 e. The fourth-order valence-corrected chi connectivity index (χ4v) is 3.99. The van der Waals surface area contributed by atoms with Crippen molar-refractivity contribution in [1.82, 2.24) is 10.0 Å². The van der Waals surface area contributed by atoms with Gasteiger partial charge in [-0.25, -0.2) is 13.1 Å². The number of hydrogen-bond donors (Lipinski definition) is 2. The van der Waals surface area contributed by atoms with Gasteiger partial charge in [-0.3, -0.25) is 0 Å². The first-order valence-electron chi connectivity index (χ1n) is 7.86. The normalized spacial score (nSPS) is 20.5. The minimum atomic E-state index is -3.17. The predicted octanol–water partition coefficient (Wildman–Crippen LogP) is 2.60. The molecule has 0 radical (unpaired) electrons. The summed E-state index contributed by atoms with van der Waals surface area (Å²) in [5.74, 6) is 0. The minimum absolute atomic E-state index is 0. The molecule has 6 heteroatoms. The van der Waals surface area contributed by atoms with E-state index in [0.717, 1.165) is 19.4 Å². The average Bonchev–Trinajstić information content (AvgIpc) is 2.93. The van der Waals surface area contributed by atoms with Crippen molar-refractivity contribution in [2.75, 3.05) is 12.8 Å². The van der Waals surface area contributed by atoms with Crippen LogP contribution in [0.1, 0.15) is 12.0 Å². The minimum Gasteiger partial charge on any atom is -0.312 e. The van der Waals surface area contributed by atoms with Crippen molar-refractivity contribution in [2.24, 2.45) is 0 Å². The lowest BCUT2D eigenvalue weighted by Gasteiger charge is -2.20. The zero-order valence-corrected chi connectivity index (χ0v) is 15.2. The van der Waals surface area contributed by atoms with Gasteiger partial charge in [0.25, 0.3) is 0 Å². The molecular formula is C18H23ClN2O2S. The number of nitrogens with one attached hydrogen (secondary N) is 2. The highest BCUT2D eigenvalue weighted by atomic mass is 35.5. The molecule has 2 aromatic rings. The molecule has 0 aliphatic carbocycles. The quantitative estimate of drug-likeness (QED) is 0.855. The molecule has 2 N–H and O–H groups in total. The van der Waals surface area contributed by atoms with Crippen LogP contribution in [-0.4, -0.2) is 33.3 Å². The van der Waals surface area contributed by atoms with E-state index in [1.807, 2.05) is 18.2 Å². The monoisotopic (exact) mass is 366 g/mol. The molecule has 1 aliphatic rings. The fraction of sp³-hybridized carbons (Fsp3) is 0.333. The summed E-state index contributed by atoms with van der Waals surface area (Å²) in [6, 6.07) is 18.8.